The zero-order chi connectivity index (χ0) is 25.8. The Morgan fingerprint density at radius 1 is 0.436 bits per heavy atom. The second kappa shape index (κ2) is 8.82. The first-order chi connectivity index (χ1) is 19.4. The molecule has 0 aromatic heterocycles. The van der Waals surface area contributed by atoms with Gasteiger partial charge in [0.05, 0.1) is 0 Å². The Morgan fingerprint density at radius 2 is 1.00 bits per heavy atom. The van der Waals surface area contributed by atoms with E-state index in [2.05, 4.69) is 152 Å². The van der Waals surface area contributed by atoms with Gasteiger partial charge >= 0.3 is 0 Å². The number of benzene rings is 7. The predicted molar refractivity (Wildman–Crippen MR) is 167 cm³/mol. The minimum absolute atomic E-state index is 0.278. The largest absolute Gasteiger partial charge is 0.0720 e. The summed E-state index contributed by atoms with van der Waals surface area (Å²) < 4.78 is 0. The first kappa shape index (κ1) is 22.1. The maximum absolute atomic E-state index is 2.40. The molecule has 0 amide bonds. The Morgan fingerprint density at radius 3 is 1.64 bits per heavy atom. The Hall–Kier alpha value is -4.94. The molecular weight excluding hydrogens is 468 g/mol. The van der Waals surface area contributed by atoms with Crippen LogP contribution >= 0.6 is 0 Å². The summed E-state index contributed by atoms with van der Waals surface area (Å²) in [6, 6.07) is 51.0. The van der Waals surface area contributed by atoms with E-state index in [9.17, 15) is 0 Å². The molecule has 0 radical (unpaired) electrons. The van der Waals surface area contributed by atoms with Crippen molar-refractivity contribution >= 4 is 38.4 Å². The van der Waals surface area contributed by atoms with Gasteiger partial charge in [-0.1, -0.05) is 140 Å². The van der Waals surface area contributed by atoms with Gasteiger partial charge in [0.15, 0.2) is 0 Å². The van der Waals surface area contributed by atoms with Gasteiger partial charge in [-0.2, -0.15) is 0 Å². The third-order valence-corrected chi connectivity index (χ3v) is 8.28. The zero-order valence-electron chi connectivity index (χ0n) is 21.5. The van der Waals surface area contributed by atoms with E-state index >= 15 is 0 Å². The monoisotopic (exact) mass is 494 g/mol. The maximum Gasteiger partial charge on any atom is 0.0279 e. The molecule has 0 saturated heterocycles. The summed E-state index contributed by atoms with van der Waals surface area (Å²) in [5, 5.41) is 7.83. The Bertz CT molecular complexity index is 1990. The molecule has 1 aliphatic rings. The van der Waals surface area contributed by atoms with E-state index in [1.165, 1.54) is 71.3 Å². The average molecular weight is 495 g/mol. The van der Waals surface area contributed by atoms with Crippen LogP contribution in [0.4, 0.5) is 0 Å². The first-order valence-corrected chi connectivity index (χ1v) is 13.7. The summed E-state index contributed by atoms with van der Waals surface area (Å²) >= 11 is 0. The molecule has 0 heterocycles. The fourth-order valence-electron chi connectivity index (χ4n) is 6.64. The Balaban J connectivity index is 1.43. The highest BCUT2D eigenvalue weighted by atomic mass is 14.2. The Kier molecular flexibility index (Phi) is 5.00. The van der Waals surface area contributed by atoms with Crippen LogP contribution in [0.2, 0.25) is 0 Å². The number of hydrogen-bond donors (Lipinski definition) is 0. The second-order valence-corrected chi connectivity index (χ2v) is 10.5. The minimum atomic E-state index is 0.278. The van der Waals surface area contributed by atoms with Gasteiger partial charge in [-0.15, -0.1) is 0 Å². The summed E-state index contributed by atoms with van der Waals surface area (Å²) in [6.07, 6.45) is 4.70. The van der Waals surface area contributed by atoms with Crippen molar-refractivity contribution in [1.29, 1.82) is 0 Å². The summed E-state index contributed by atoms with van der Waals surface area (Å²) in [5.41, 5.74) is 9.16. The fourth-order valence-corrected chi connectivity index (χ4v) is 6.64. The molecule has 7 aromatic carbocycles. The number of allylic oxidation sites excluding steroid dienone is 1. The van der Waals surface area contributed by atoms with Crippen LogP contribution in [0.3, 0.4) is 0 Å². The SMILES string of the molecule is C1=CC(c2ccccc2)c2cccc3cc(-c4c5ccccc5c(-c5ccccc5)c5ccccc45)cc1c23. The molecule has 0 spiro atoms. The molecule has 0 heteroatoms. The second-order valence-electron chi connectivity index (χ2n) is 10.5. The molecular formula is C39H26. The molecule has 182 valence electrons. The quantitative estimate of drug-likeness (QED) is 0.214. The summed E-state index contributed by atoms with van der Waals surface area (Å²) in [4.78, 5) is 0. The van der Waals surface area contributed by atoms with Gasteiger partial charge in [0.25, 0.3) is 0 Å². The summed E-state index contributed by atoms with van der Waals surface area (Å²) in [6.45, 7) is 0. The van der Waals surface area contributed by atoms with E-state index in [-0.39, 0.29) is 5.92 Å². The smallest absolute Gasteiger partial charge is 0.0279 e. The van der Waals surface area contributed by atoms with E-state index in [0.717, 1.165) is 0 Å². The van der Waals surface area contributed by atoms with E-state index in [4.69, 9.17) is 0 Å². The third-order valence-electron chi connectivity index (χ3n) is 8.28. The lowest BCUT2D eigenvalue weighted by Gasteiger charge is -2.23. The van der Waals surface area contributed by atoms with E-state index in [0.29, 0.717) is 0 Å². The molecule has 1 aliphatic carbocycles. The molecule has 0 nitrogen and oxygen atoms in total. The maximum atomic E-state index is 2.40. The minimum Gasteiger partial charge on any atom is -0.0720 e. The van der Waals surface area contributed by atoms with Crippen molar-refractivity contribution in [2.45, 2.75) is 5.92 Å². The highest BCUT2D eigenvalue weighted by molar-refractivity contribution is 6.22. The third kappa shape index (κ3) is 3.46. The lowest BCUT2D eigenvalue weighted by Crippen LogP contribution is -2.03. The van der Waals surface area contributed by atoms with Gasteiger partial charge in [0, 0.05) is 5.92 Å². The first-order valence-electron chi connectivity index (χ1n) is 13.7. The highest BCUT2D eigenvalue weighted by Crippen LogP contribution is 2.46. The zero-order valence-corrected chi connectivity index (χ0v) is 21.5. The van der Waals surface area contributed by atoms with Crippen molar-refractivity contribution < 1.29 is 0 Å². The average Bonchev–Trinajstić information content (AvgIpc) is 3.01. The van der Waals surface area contributed by atoms with Crippen molar-refractivity contribution in [3.8, 4) is 22.3 Å². The van der Waals surface area contributed by atoms with Crippen LogP contribution in [-0.2, 0) is 0 Å². The van der Waals surface area contributed by atoms with Crippen LogP contribution in [-0.4, -0.2) is 0 Å². The van der Waals surface area contributed by atoms with Crippen molar-refractivity contribution in [1.82, 2.24) is 0 Å². The molecule has 39 heavy (non-hydrogen) atoms. The lowest BCUT2D eigenvalue weighted by atomic mass is 9.80. The molecule has 0 N–H and O–H groups in total. The number of fused-ring (bicyclic) bond motifs is 2. The van der Waals surface area contributed by atoms with Crippen LogP contribution in [0, 0.1) is 0 Å². The molecule has 1 unspecified atom stereocenters. The molecule has 0 fully saturated rings. The standard InChI is InChI=1S/C39H26/c1-3-12-26(13-4-1)31-23-22-29-25-30(24-28-16-11-21-32(31)37(28)29)39-35-19-9-7-17-33(35)38(27-14-5-2-6-15-27)34-18-8-10-20-36(34)39/h1-25,31H. The molecule has 1 atom stereocenters. The van der Waals surface area contributed by atoms with Crippen molar-refractivity contribution in [2.24, 2.45) is 0 Å². The normalized spacial score (nSPS) is 14.3. The van der Waals surface area contributed by atoms with Gasteiger partial charge in [-0.25, -0.2) is 0 Å². The molecule has 0 aliphatic heterocycles. The fraction of sp³-hybridized carbons (Fsp3) is 0.0256. The number of hydrogen-bond acceptors (Lipinski definition) is 0. The predicted octanol–water partition coefficient (Wildman–Crippen LogP) is 10.6. The molecule has 7 aromatic rings. The topological polar surface area (TPSA) is 0 Å². The molecule has 0 saturated carbocycles. The van der Waals surface area contributed by atoms with E-state index in [1.54, 1.807) is 0 Å². The van der Waals surface area contributed by atoms with Crippen LogP contribution in [0.5, 0.6) is 0 Å². The van der Waals surface area contributed by atoms with Crippen molar-refractivity contribution in [3.63, 3.8) is 0 Å². The molecule has 8 rings (SSSR count). The van der Waals surface area contributed by atoms with E-state index < -0.39 is 0 Å². The van der Waals surface area contributed by atoms with E-state index in [1.807, 2.05) is 0 Å². The summed E-state index contributed by atoms with van der Waals surface area (Å²) in [5.74, 6) is 0.278. The van der Waals surface area contributed by atoms with Crippen LogP contribution in [0.1, 0.15) is 22.6 Å². The number of rotatable bonds is 3. The van der Waals surface area contributed by atoms with Crippen LogP contribution < -0.4 is 0 Å². The van der Waals surface area contributed by atoms with Crippen LogP contribution in [0.15, 0.2) is 146 Å². The van der Waals surface area contributed by atoms with Crippen molar-refractivity contribution in [3.05, 3.63) is 162 Å². The van der Waals surface area contributed by atoms with Gasteiger partial charge in [0.2, 0.25) is 0 Å². The Labute approximate surface area is 228 Å². The van der Waals surface area contributed by atoms with Gasteiger partial charge in [-0.05, 0) is 83.4 Å². The van der Waals surface area contributed by atoms with Gasteiger partial charge < -0.3 is 0 Å². The summed E-state index contributed by atoms with van der Waals surface area (Å²) in [7, 11) is 0. The highest BCUT2D eigenvalue weighted by Gasteiger charge is 2.22. The van der Waals surface area contributed by atoms with Gasteiger partial charge in [-0.3, -0.25) is 0 Å². The molecule has 0 bridgehead atoms. The van der Waals surface area contributed by atoms with Crippen LogP contribution in [0.25, 0.3) is 60.6 Å². The van der Waals surface area contributed by atoms with Crippen molar-refractivity contribution in [2.75, 3.05) is 0 Å². The lowest BCUT2D eigenvalue weighted by molar-refractivity contribution is 1.04. The van der Waals surface area contributed by atoms with Gasteiger partial charge in [0.1, 0.15) is 0 Å².